The zero-order chi connectivity index (χ0) is 12.1. The third-order valence-electron chi connectivity index (χ3n) is 2.38. The average molecular weight is 241 g/mol. The molecular weight excluding hydrogens is 221 g/mol. The maximum atomic E-state index is 12.9. The first-order valence-corrected chi connectivity index (χ1v) is 6.75. The van der Waals surface area contributed by atoms with E-state index in [4.69, 9.17) is 5.73 Å². The van der Waals surface area contributed by atoms with E-state index in [2.05, 4.69) is 13.8 Å². The van der Waals surface area contributed by atoms with Gasteiger partial charge in [0, 0.05) is 11.8 Å². The molecular formula is C13H20FNS. The van der Waals surface area contributed by atoms with Crippen molar-refractivity contribution < 1.29 is 4.39 Å². The first kappa shape index (κ1) is 13.5. The maximum Gasteiger partial charge on any atom is 0.123 e. The minimum atomic E-state index is -0.191. The van der Waals surface area contributed by atoms with Gasteiger partial charge in [0.2, 0.25) is 0 Å². The van der Waals surface area contributed by atoms with E-state index in [0.717, 1.165) is 22.6 Å². The number of rotatable bonds is 5. The molecule has 2 N–H and O–H groups in total. The monoisotopic (exact) mass is 241 g/mol. The second kappa shape index (κ2) is 6.26. The molecule has 16 heavy (non-hydrogen) atoms. The van der Waals surface area contributed by atoms with E-state index in [1.54, 1.807) is 12.1 Å². The molecule has 90 valence electrons. The molecule has 1 aromatic rings. The molecule has 0 amide bonds. The Balaban J connectivity index is 2.55. The van der Waals surface area contributed by atoms with Gasteiger partial charge in [-0.25, -0.2) is 4.39 Å². The SMILES string of the molecule is Cc1cc(F)ccc1C(N)CSCC(C)C. The van der Waals surface area contributed by atoms with Crippen molar-refractivity contribution in [2.45, 2.75) is 26.8 Å². The standard InChI is InChI=1S/C13H20FNS/c1-9(2)7-16-8-13(15)12-5-4-11(14)6-10(12)3/h4-6,9,13H,7-8,15H2,1-3H3. The molecule has 0 saturated carbocycles. The summed E-state index contributed by atoms with van der Waals surface area (Å²) in [5.41, 5.74) is 8.08. The highest BCUT2D eigenvalue weighted by Crippen LogP contribution is 2.21. The van der Waals surface area contributed by atoms with E-state index >= 15 is 0 Å². The first-order chi connectivity index (χ1) is 7.50. The molecule has 1 nitrogen and oxygen atoms in total. The van der Waals surface area contributed by atoms with Crippen molar-refractivity contribution in [2.24, 2.45) is 11.7 Å². The molecule has 1 aromatic carbocycles. The number of hydrogen-bond donors (Lipinski definition) is 1. The van der Waals surface area contributed by atoms with Crippen LogP contribution >= 0.6 is 11.8 Å². The van der Waals surface area contributed by atoms with Crippen LogP contribution in [0.3, 0.4) is 0 Å². The topological polar surface area (TPSA) is 26.0 Å². The van der Waals surface area contributed by atoms with Crippen molar-refractivity contribution in [1.82, 2.24) is 0 Å². The molecule has 0 fully saturated rings. The zero-order valence-electron chi connectivity index (χ0n) is 10.2. The van der Waals surface area contributed by atoms with Crippen LogP contribution in [0.5, 0.6) is 0 Å². The van der Waals surface area contributed by atoms with Crippen LogP contribution in [-0.2, 0) is 0 Å². The number of benzene rings is 1. The predicted octanol–water partition coefficient (Wildman–Crippen LogP) is 3.52. The zero-order valence-corrected chi connectivity index (χ0v) is 11.0. The van der Waals surface area contributed by atoms with Crippen molar-refractivity contribution in [1.29, 1.82) is 0 Å². The molecule has 0 aliphatic carbocycles. The first-order valence-electron chi connectivity index (χ1n) is 5.60. The lowest BCUT2D eigenvalue weighted by atomic mass is 10.0. The number of thioether (sulfide) groups is 1. The third kappa shape index (κ3) is 4.14. The Morgan fingerprint density at radius 2 is 2.00 bits per heavy atom. The van der Waals surface area contributed by atoms with Gasteiger partial charge in [-0.05, 0) is 41.9 Å². The second-order valence-electron chi connectivity index (χ2n) is 4.54. The van der Waals surface area contributed by atoms with E-state index < -0.39 is 0 Å². The number of aryl methyl sites for hydroxylation is 1. The molecule has 0 heterocycles. The normalized spacial score (nSPS) is 13.1. The smallest absolute Gasteiger partial charge is 0.123 e. The largest absolute Gasteiger partial charge is 0.323 e. The van der Waals surface area contributed by atoms with Gasteiger partial charge in [0.25, 0.3) is 0 Å². The summed E-state index contributed by atoms with van der Waals surface area (Å²) in [6, 6.07) is 4.83. The van der Waals surface area contributed by atoms with Crippen LogP contribution in [0.1, 0.15) is 31.0 Å². The molecule has 1 atom stereocenters. The predicted molar refractivity (Wildman–Crippen MR) is 70.2 cm³/mol. The molecule has 0 bridgehead atoms. The molecule has 0 radical (unpaired) electrons. The third-order valence-corrected chi connectivity index (χ3v) is 3.88. The van der Waals surface area contributed by atoms with Crippen molar-refractivity contribution in [2.75, 3.05) is 11.5 Å². The Hall–Kier alpha value is -0.540. The minimum Gasteiger partial charge on any atom is -0.323 e. The van der Waals surface area contributed by atoms with Gasteiger partial charge in [-0.3, -0.25) is 0 Å². The van der Waals surface area contributed by atoms with Gasteiger partial charge in [-0.2, -0.15) is 11.8 Å². The van der Waals surface area contributed by atoms with Crippen LogP contribution in [0.4, 0.5) is 4.39 Å². The summed E-state index contributed by atoms with van der Waals surface area (Å²) in [4.78, 5) is 0. The Morgan fingerprint density at radius 1 is 1.31 bits per heavy atom. The second-order valence-corrected chi connectivity index (χ2v) is 5.61. The van der Waals surface area contributed by atoms with Crippen LogP contribution in [0.2, 0.25) is 0 Å². The number of nitrogens with two attached hydrogens (primary N) is 1. The van der Waals surface area contributed by atoms with Crippen molar-refractivity contribution in [3.8, 4) is 0 Å². The Bertz CT molecular complexity index is 339. The highest BCUT2D eigenvalue weighted by atomic mass is 32.2. The van der Waals surface area contributed by atoms with Crippen molar-refractivity contribution in [3.63, 3.8) is 0 Å². The van der Waals surface area contributed by atoms with Crippen LogP contribution < -0.4 is 5.73 Å². The lowest BCUT2D eigenvalue weighted by Crippen LogP contribution is -2.15. The average Bonchev–Trinajstić information content (AvgIpc) is 2.16. The van der Waals surface area contributed by atoms with Crippen LogP contribution in [-0.4, -0.2) is 11.5 Å². The minimum absolute atomic E-state index is 0.00403. The lowest BCUT2D eigenvalue weighted by molar-refractivity contribution is 0.624. The van der Waals surface area contributed by atoms with Gasteiger partial charge in [-0.15, -0.1) is 0 Å². The summed E-state index contributed by atoms with van der Waals surface area (Å²) in [6.07, 6.45) is 0. The fourth-order valence-electron chi connectivity index (χ4n) is 1.58. The molecule has 0 aliphatic rings. The summed E-state index contributed by atoms with van der Waals surface area (Å²) in [6.45, 7) is 6.30. The maximum absolute atomic E-state index is 12.9. The molecule has 1 rings (SSSR count). The summed E-state index contributed by atoms with van der Waals surface area (Å²) in [5, 5.41) is 0. The lowest BCUT2D eigenvalue weighted by Gasteiger charge is -2.15. The molecule has 0 aliphatic heterocycles. The summed E-state index contributed by atoms with van der Waals surface area (Å²) in [5.74, 6) is 2.51. The van der Waals surface area contributed by atoms with Gasteiger partial charge >= 0.3 is 0 Å². The van der Waals surface area contributed by atoms with E-state index in [1.807, 2.05) is 18.7 Å². The quantitative estimate of drug-likeness (QED) is 0.853. The molecule has 3 heteroatoms. The summed E-state index contributed by atoms with van der Waals surface area (Å²) in [7, 11) is 0. The van der Waals surface area contributed by atoms with Gasteiger partial charge in [0.1, 0.15) is 5.82 Å². The van der Waals surface area contributed by atoms with Crippen molar-refractivity contribution in [3.05, 3.63) is 35.1 Å². The Kier molecular flexibility index (Phi) is 5.29. The Labute approximate surface area is 102 Å². The number of hydrogen-bond acceptors (Lipinski definition) is 2. The number of halogens is 1. The Morgan fingerprint density at radius 3 is 2.56 bits per heavy atom. The van der Waals surface area contributed by atoms with Gasteiger partial charge in [0.15, 0.2) is 0 Å². The van der Waals surface area contributed by atoms with E-state index in [-0.39, 0.29) is 11.9 Å². The fourth-order valence-corrected chi connectivity index (χ4v) is 2.62. The van der Waals surface area contributed by atoms with E-state index in [0.29, 0.717) is 5.92 Å². The van der Waals surface area contributed by atoms with Gasteiger partial charge in [-0.1, -0.05) is 19.9 Å². The molecule has 1 unspecified atom stereocenters. The fraction of sp³-hybridized carbons (Fsp3) is 0.538. The van der Waals surface area contributed by atoms with Crippen LogP contribution in [0.25, 0.3) is 0 Å². The van der Waals surface area contributed by atoms with E-state index in [1.165, 1.54) is 6.07 Å². The highest BCUT2D eigenvalue weighted by Gasteiger charge is 2.09. The van der Waals surface area contributed by atoms with Crippen LogP contribution in [0.15, 0.2) is 18.2 Å². The van der Waals surface area contributed by atoms with Crippen molar-refractivity contribution >= 4 is 11.8 Å². The molecule has 0 spiro atoms. The van der Waals surface area contributed by atoms with Gasteiger partial charge in [0.05, 0.1) is 0 Å². The highest BCUT2D eigenvalue weighted by molar-refractivity contribution is 7.99. The summed E-state index contributed by atoms with van der Waals surface area (Å²) >= 11 is 1.86. The molecule has 0 aromatic heterocycles. The van der Waals surface area contributed by atoms with Crippen LogP contribution in [0, 0.1) is 18.7 Å². The molecule has 0 saturated heterocycles. The van der Waals surface area contributed by atoms with E-state index in [9.17, 15) is 4.39 Å². The van der Waals surface area contributed by atoms with Gasteiger partial charge < -0.3 is 5.73 Å². The summed E-state index contributed by atoms with van der Waals surface area (Å²) < 4.78 is 12.9.